The van der Waals surface area contributed by atoms with Crippen LogP contribution in [0.15, 0.2) is 48.8 Å². The molecule has 2 aromatic carbocycles. The van der Waals surface area contributed by atoms with Gasteiger partial charge in [0.05, 0.1) is 12.6 Å². The van der Waals surface area contributed by atoms with E-state index in [-0.39, 0.29) is 5.75 Å². The van der Waals surface area contributed by atoms with E-state index in [0.29, 0.717) is 11.4 Å². The molecular formula is C20H20FN3O. The molecule has 1 aromatic heterocycles. The maximum atomic E-state index is 13.9. The fourth-order valence-electron chi connectivity index (χ4n) is 3.59. The predicted octanol–water partition coefficient (Wildman–Crippen LogP) is 3.85. The van der Waals surface area contributed by atoms with Crippen LogP contribution in [0.2, 0.25) is 0 Å². The van der Waals surface area contributed by atoms with Crippen LogP contribution in [-0.2, 0) is 6.42 Å². The number of rotatable bonds is 4. The lowest BCUT2D eigenvalue weighted by Gasteiger charge is -2.19. The first-order chi connectivity index (χ1) is 12.2. The van der Waals surface area contributed by atoms with Gasteiger partial charge in [0.2, 0.25) is 0 Å². The minimum atomic E-state index is -0.400. The number of fused-ring (bicyclic) bond motifs is 1. The predicted molar refractivity (Wildman–Crippen MR) is 96.5 cm³/mol. The van der Waals surface area contributed by atoms with Gasteiger partial charge in [0.15, 0.2) is 11.6 Å². The van der Waals surface area contributed by atoms with E-state index in [0.717, 1.165) is 37.1 Å². The van der Waals surface area contributed by atoms with Gasteiger partial charge >= 0.3 is 0 Å². The second-order valence-electron chi connectivity index (χ2n) is 6.49. The van der Waals surface area contributed by atoms with Gasteiger partial charge in [-0.15, -0.1) is 0 Å². The number of hydrogen-bond donors (Lipinski definition) is 0. The molecule has 5 heteroatoms. The highest BCUT2D eigenvalue weighted by atomic mass is 19.1. The number of methoxy groups -OCH3 is 1. The molecule has 4 rings (SSSR count). The molecule has 1 saturated heterocycles. The monoisotopic (exact) mass is 337 g/mol. The van der Waals surface area contributed by atoms with E-state index in [1.807, 2.05) is 6.07 Å². The third-order valence-electron chi connectivity index (χ3n) is 4.84. The Labute approximate surface area is 146 Å². The van der Waals surface area contributed by atoms with Crippen LogP contribution in [0, 0.1) is 11.7 Å². The number of benzene rings is 2. The van der Waals surface area contributed by atoms with Crippen LogP contribution in [0.25, 0.3) is 10.9 Å². The van der Waals surface area contributed by atoms with E-state index in [1.165, 1.54) is 25.1 Å². The van der Waals surface area contributed by atoms with E-state index >= 15 is 0 Å². The second kappa shape index (κ2) is 6.67. The van der Waals surface area contributed by atoms with Crippen LogP contribution in [-0.4, -0.2) is 30.2 Å². The number of ether oxygens (including phenoxy) is 1. The van der Waals surface area contributed by atoms with Crippen molar-refractivity contribution in [3.8, 4) is 5.75 Å². The van der Waals surface area contributed by atoms with Gasteiger partial charge in [0.25, 0.3) is 0 Å². The highest BCUT2D eigenvalue weighted by Crippen LogP contribution is 2.32. The zero-order chi connectivity index (χ0) is 17.2. The number of aromatic nitrogens is 2. The lowest BCUT2D eigenvalue weighted by atomic mass is 9.99. The molecule has 0 N–H and O–H groups in total. The third kappa shape index (κ3) is 3.14. The van der Waals surface area contributed by atoms with Crippen LogP contribution < -0.4 is 9.64 Å². The minimum Gasteiger partial charge on any atom is -0.494 e. The number of halogens is 1. The summed E-state index contributed by atoms with van der Waals surface area (Å²) < 4.78 is 19.1. The highest BCUT2D eigenvalue weighted by Gasteiger charge is 2.25. The summed E-state index contributed by atoms with van der Waals surface area (Å²) in [5, 5.41) is 0.834. The summed E-state index contributed by atoms with van der Waals surface area (Å²) in [4.78, 5) is 10.9. The van der Waals surface area contributed by atoms with Crippen LogP contribution in [0.4, 0.5) is 10.2 Å². The summed E-state index contributed by atoms with van der Waals surface area (Å²) in [5.41, 5.74) is 1.97. The third-order valence-corrected chi connectivity index (χ3v) is 4.84. The minimum absolute atomic E-state index is 0.226. The molecule has 0 aliphatic carbocycles. The van der Waals surface area contributed by atoms with Crippen molar-refractivity contribution >= 4 is 16.7 Å². The smallest absolute Gasteiger partial charge is 0.167 e. The fraction of sp³-hybridized carbons (Fsp3) is 0.300. The van der Waals surface area contributed by atoms with Crippen molar-refractivity contribution in [2.75, 3.05) is 25.1 Å². The largest absolute Gasteiger partial charge is 0.494 e. The van der Waals surface area contributed by atoms with Crippen molar-refractivity contribution in [3.63, 3.8) is 0 Å². The van der Waals surface area contributed by atoms with E-state index in [4.69, 9.17) is 4.74 Å². The second-order valence-corrected chi connectivity index (χ2v) is 6.49. The van der Waals surface area contributed by atoms with Gasteiger partial charge in [0.1, 0.15) is 12.1 Å². The molecule has 0 amide bonds. The number of hydrogen-bond acceptors (Lipinski definition) is 4. The summed E-state index contributed by atoms with van der Waals surface area (Å²) in [6.07, 6.45) is 3.70. The van der Waals surface area contributed by atoms with Gasteiger partial charge in [-0.3, -0.25) is 0 Å². The van der Waals surface area contributed by atoms with Crippen molar-refractivity contribution in [2.24, 2.45) is 5.92 Å². The molecule has 4 nitrogen and oxygen atoms in total. The van der Waals surface area contributed by atoms with Crippen LogP contribution in [0.5, 0.6) is 5.75 Å². The molecular weight excluding hydrogens is 317 g/mol. The molecule has 3 aromatic rings. The average molecular weight is 337 g/mol. The highest BCUT2D eigenvalue weighted by molar-refractivity contribution is 5.90. The summed E-state index contributed by atoms with van der Waals surface area (Å²) in [7, 11) is 1.47. The Morgan fingerprint density at radius 2 is 2.04 bits per heavy atom. The Hall–Kier alpha value is -2.69. The quantitative estimate of drug-likeness (QED) is 0.725. The topological polar surface area (TPSA) is 38.2 Å². The van der Waals surface area contributed by atoms with E-state index in [2.05, 4.69) is 39.1 Å². The lowest BCUT2D eigenvalue weighted by molar-refractivity contribution is 0.387. The van der Waals surface area contributed by atoms with Crippen molar-refractivity contribution in [1.29, 1.82) is 0 Å². The normalized spacial score (nSPS) is 17.2. The SMILES string of the molecule is COc1cc2c(N3CCC(Cc4ccccc4)C3)ncnc2cc1F. The zero-order valence-corrected chi connectivity index (χ0v) is 14.2. The van der Waals surface area contributed by atoms with Gasteiger partial charge in [-0.05, 0) is 30.4 Å². The summed E-state index contributed by atoms with van der Waals surface area (Å²) in [6, 6.07) is 13.7. The summed E-state index contributed by atoms with van der Waals surface area (Å²) in [5.74, 6) is 1.28. The Morgan fingerprint density at radius 1 is 1.20 bits per heavy atom. The van der Waals surface area contributed by atoms with Gasteiger partial charge in [-0.2, -0.15) is 0 Å². The van der Waals surface area contributed by atoms with Crippen molar-refractivity contribution in [1.82, 2.24) is 9.97 Å². The standard InChI is InChI=1S/C20H20FN3O/c1-25-19-10-16-18(11-17(19)21)22-13-23-20(16)24-8-7-15(12-24)9-14-5-3-2-4-6-14/h2-6,10-11,13,15H,7-9,12H2,1H3. The average Bonchev–Trinajstić information content (AvgIpc) is 3.09. The number of nitrogens with zero attached hydrogens (tertiary/aromatic N) is 3. The number of anilines is 1. The van der Waals surface area contributed by atoms with E-state index in [9.17, 15) is 4.39 Å². The molecule has 0 spiro atoms. The molecule has 0 bridgehead atoms. The molecule has 25 heavy (non-hydrogen) atoms. The summed E-state index contributed by atoms with van der Waals surface area (Å²) >= 11 is 0. The van der Waals surface area contributed by atoms with E-state index < -0.39 is 5.82 Å². The fourth-order valence-corrected chi connectivity index (χ4v) is 3.59. The molecule has 0 saturated carbocycles. The van der Waals surface area contributed by atoms with Gasteiger partial charge < -0.3 is 9.64 Å². The molecule has 1 aliphatic heterocycles. The van der Waals surface area contributed by atoms with Crippen LogP contribution in [0.1, 0.15) is 12.0 Å². The van der Waals surface area contributed by atoms with Gasteiger partial charge in [-0.25, -0.2) is 14.4 Å². The molecule has 1 unspecified atom stereocenters. The lowest BCUT2D eigenvalue weighted by Crippen LogP contribution is -2.21. The molecule has 2 heterocycles. The Kier molecular flexibility index (Phi) is 4.22. The van der Waals surface area contributed by atoms with Gasteiger partial charge in [-0.1, -0.05) is 30.3 Å². The first kappa shape index (κ1) is 15.8. The maximum Gasteiger partial charge on any atom is 0.167 e. The van der Waals surface area contributed by atoms with Crippen molar-refractivity contribution in [3.05, 3.63) is 60.2 Å². The van der Waals surface area contributed by atoms with Crippen molar-refractivity contribution in [2.45, 2.75) is 12.8 Å². The van der Waals surface area contributed by atoms with Crippen LogP contribution in [0.3, 0.4) is 0 Å². The Morgan fingerprint density at radius 3 is 2.84 bits per heavy atom. The molecule has 128 valence electrons. The maximum absolute atomic E-state index is 13.9. The Balaban J connectivity index is 1.60. The molecule has 1 fully saturated rings. The first-order valence-electron chi connectivity index (χ1n) is 8.51. The molecule has 1 aliphatic rings. The molecule has 1 atom stereocenters. The van der Waals surface area contributed by atoms with Crippen LogP contribution >= 0.6 is 0 Å². The van der Waals surface area contributed by atoms with Crippen molar-refractivity contribution < 1.29 is 9.13 Å². The first-order valence-corrected chi connectivity index (χ1v) is 8.51. The Bertz CT molecular complexity index is 885. The van der Waals surface area contributed by atoms with E-state index in [1.54, 1.807) is 6.07 Å². The van der Waals surface area contributed by atoms with Gasteiger partial charge in [0, 0.05) is 24.5 Å². The summed E-state index contributed by atoms with van der Waals surface area (Å²) in [6.45, 7) is 1.89. The zero-order valence-electron chi connectivity index (χ0n) is 14.2. The molecule has 0 radical (unpaired) electrons.